The number of halogens is 1. The van der Waals surface area contributed by atoms with E-state index in [0.29, 0.717) is 5.56 Å². The van der Waals surface area contributed by atoms with Gasteiger partial charge >= 0.3 is 0 Å². The third kappa shape index (κ3) is 2.02. The van der Waals surface area contributed by atoms with E-state index >= 15 is 0 Å². The van der Waals surface area contributed by atoms with Gasteiger partial charge in [-0.3, -0.25) is 4.79 Å². The molecule has 3 nitrogen and oxygen atoms in total. The summed E-state index contributed by atoms with van der Waals surface area (Å²) in [5.41, 5.74) is 1.60. The highest BCUT2D eigenvalue weighted by Gasteiger charge is 2.09. The summed E-state index contributed by atoms with van der Waals surface area (Å²) in [7, 11) is 1.62. The molecule has 0 aliphatic heterocycles. The molecular weight excluding hydrogens is 268 g/mol. The van der Waals surface area contributed by atoms with Crippen LogP contribution in [-0.2, 0) is 0 Å². The van der Waals surface area contributed by atoms with Crippen LogP contribution in [0.25, 0.3) is 5.69 Å². The van der Waals surface area contributed by atoms with E-state index in [4.69, 9.17) is 0 Å². The van der Waals surface area contributed by atoms with Crippen molar-refractivity contribution in [2.75, 3.05) is 7.05 Å². The Bertz CT molecular complexity index is 506. The van der Waals surface area contributed by atoms with E-state index in [1.54, 1.807) is 7.05 Å². The molecule has 0 atom stereocenters. The molecule has 0 aliphatic carbocycles. The molecule has 0 bridgehead atoms. The first-order chi connectivity index (χ1) is 7.72. The van der Waals surface area contributed by atoms with Gasteiger partial charge in [-0.15, -0.1) is 0 Å². The number of rotatable bonds is 2. The summed E-state index contributed by atoms with van der Waals surface area (Å²) in [6.45, 7) is 0. The first kappa shape index (κ1) is 11.0. The summed E-state index contributed by atoms with van der Waals surface area (Å²) in [5, 5.41) is 2.62. The Morgan fingerprint density at radius 2 is 2.00 bits per heavy atom. The number of nitrogens with one attached hydrogen (secondary N) is 1. The van der Waals surface area contributed by atoms with Gasteiger partial charge in [0.2, 0.25) is 0 Å². The molecule has 4 heteroatoms. The number of hydrogen-bond donors (Lipinski definition) is 1. The minimum Gasteiger partial charge on any atom is -0.355 e. The average molecular weight is 279 g/mol. The van der Waals surface area contributed by atoms with Gasteiger partial charge in [0.05, 0.1) is 5.56 Å². The van der Waals surface area contributed by atoms with Crippen molar-refractivity contribution in [3.8, 4) is 5.69 Å². The average Bonchev–Trinajstić information content (AvgIpc) is 2.82. The van der Waals surface area contributed by atoms with E-state index in [2.05, 4.69) is 21.2 Å². The van der Waals surface area contributed by atoms with Crippen LogP contribution in [0, 0.1) is 0 Å². The van der Waals surface area contributed by atoms with E-state index < -0.39 is 0 Å². The van der Waals surface area contributed by atoms with Gasteiger partial charge in [0, 0.05) is 29.6 Å². The minimum absolute atomic E-state index is 0.0964. The number of hydrogen-bond acceptors (Lipinski definition) is 1. The number of carbonyl (C=O) groups is 1. The Balaban J connectivity index is 2.47. The molecule has 1 amide bonds. The molecule has 16 heavy (non-hydrogen) atoms. The monoisotopic (exact) mass is 278 g/mol. The summed E-state index contributed by atoms with van der Waals surface area (Å²) >= 11 is 3.37. The molecule has 0 radical (unpaired) electrons. The molecule has 82 valence electrons. The molecule has 2 aromatic rings. The Morgan fingerprint density at radius 3 is 2.62 bits per heavy atom. The fourth-order valence-electron chi connectivity index (χ4n) is 1.49. The summed E-state index contributed by atoms with van der Waals surface area (Å²) in [6.07, 6.45) is 3.88. The van der Waals surface area contributed by atoms with E-state index in [9.17, 15) is 4.79 Å². The highest BCUT2D eigenvalue weighted by molar-refractivity contribution is 9.10. The van der Waals surface area contributed by atoms with Gasteiger partial charge < -0.3 is 9.88 Å². The zero-order valence-corrected chi connectivity index (χ0v) is 10.4. The van der Waals surface area contributed by atoms with Crippen LogP contribution in [-0.4, -0.2) is 17.5 Å². The zero-order chi connectivity index (χ0) is 11.5. The molecule has 1 N–H and O–H groups in total. The maximum absolute atomic E-state index is 11.6. The molecule has 0 fully saturated rings. The second-order valence-electron chi connectivity index (χ2n) is 3.33. The van der Waals surface area contributed by atoms with Crippen LogP contribution < -0.4 is 5.32 Å². The van der Waals surface area contributed by atoms with Crippen molar-refractivity contribution >= 4 is 21.8 Å². The minimum atomic E-state index is -0.0964. The van der Waals surface area contributed by atoms with E-state index in [1.165, 1.54) is 0 Å². The van der Waals surface area contributed by atoms with Crippen molar-refractivity contribution in [2.24, 2.45) is 0 Å². The molecular formula is C12H11BrN2O. The second kappa shape index (κ2) is 4.53. The number of nitrogens with zero attached hydrogens (tertiary/aromatic N) is 1. The Kier molecular flexibility index (Phi) is 3.10. The van der Waals surface area contributed by atoms with Crippen LogP contribution in [0.5, 0.6) is 0 Å². The maximum Gasteiger partial charge on any atom is 0.252 e. The van der Waals surface area contributed by atoms with Gasteiger partial charge in [0.25, 0.3) is 5.91 Å². The Labute approximate surface area is 102 Å². The third-order valence-corrected chi connectivity index (χ3v) is 3.02. The molecule has 2 rings (SSSR count). The smallest absolute Gasteiger partial charge is 0.252 e. The quantitative estimate of drug-likeness (QED) is 0.900. The van der Waals surface area contributed by atoms with Crippen LogP contribution in [0.3, 0.4) is 0 Å². The highest BCUT2D eigenvalue weighted by atomic mass is 79.9. The fourth-order valence-corrected chi connectivity index (χ4v) is 1.92. The van der Waals surface area contributed by atoms with Crippen molar-refractivity contribution in [1.29, 1.82) is 0 Å². The van der Waals surface area contributed by atoms with Crippen molar-refractivity contribution < 1.29 is 4.79 Å². The van der Waals surface area contributed by atoms with Crippen LogP contribution in [0.1, 0.15) is 10.4 Å². The molecule has 1 aromatic heterocycles. The molecule has 0 saturated heterocycles. The van der Waals surface area contributed by atoms with Crippen LogP contribution in [0.15, 0.2) is 47.2 Å². The molecule has 0 aliphatic rings. The van der Waals surface area contributed by atoms with Gasteiger partial charge in [0.15, 0.2) is 0 Å². The van der Waals surface area contributed by atoms with Crippen LogP contribution in [0.2, 0.25) is 0 Å². The molecule has 1 aromatic carbocycles. The lowest BCUT2D eigenvalue weighted by Gasteiger charge is -2.07. The van der Waals surface area contributed by atoms with Crippen molar-refractivity contribution in [3.63, 3.8) is 0 Å². The van der Waals surface area contributed by atoms with E-state index in [1.807, 2.05) is 47.3 Å². The lowest BCUT2D eigenvalue weighted by molar-refractivity contribution is 0.0962. The number of benzene rings is 1. The normalized spacial score (nSPS) is 10.1. The van der Waals surface area contributed by atoms with E-state index in [-0.39, 0.29) is 5.91 Å². The van der Waals surface area contributed by atoms with Crippen LogP contribution in [0.4, 0.5) is 0 Å². The lowest BCUT2D eigenvalue weighted by atomic mass is 10.2. The first-order valence-electron chi connectivity index (χ1n) is 4.87. The van der Waals surface area contributed by atoms with Crippen molar-refractivity contribution in [3.05, 3.63) is 52.8 Å². The van der Waals surface area contributed by atoms with Crippen molar-refractivity contribution in [2.45, 2.75) is 0 Å². The largest absolute Gasteiger partial charge is 0.355 e. The first-order valence-corrected chi connectivity index (χ1v) is 5.66. The number of amides is 1. The third-order valence-electron chi connectivity index (χ3n) is 2.32. The fraction of sp³-hybridized carbons (Fsp3) is 0.0833. The van der Waals surface area contributed by atoms with Gasteiger partial charge in [-0.2, -0.15) is 0 Å². The summed E-state index contributed by atoms with van der Waals surface area (Å²) in [6, 6.07) is 9.57. The number of aromatic nitrogens is 1. The summed E-state index contributed by atoms with van der Waals surface area (Å²) in [5.74, 6) is -0.0964. The van der Waals surface area contributed by atoms with Crippen LogP contribution >= 0.6 is 15.9 Å². The Morgan fingerprint density at radius 1 is 1.31 bits per heavy atom. The molecule has 1 heterocycles. The van der Waals surface area contributed by atoms with Gasteiger partial charge in [-0.05, 0) is 46.3 Å². The summed E-state index contributed by atoms with van der Waals surface area (Å²) < 4.78 is 2.75. The van der Waals surface area contributed by atoms with Crippen molar-refractivity contribution in [1.82, 2.24) is 9.88 Å². The van der Waals surface area contributed by atoms with Gasteiger partial charge in [-0.25, -0.2) is 0 Å². The Hall–Kier alpha value is -1.55. The molecule has 0 spiro atoms. The highest BCUT2D eigenvalue weighted by Crippen LogP contribution is 2.20. The lowest BCUT2D eigenvalue weighted by Crippen LogP contribution is -2.18. The topological polar surface area (TPSA) is 34.0 Å². The summed E-state index contributed by atoms with van der Waals surface area (Å²) in [4.78, 5) is 11.6. The maximum atomic E-state index is 11.6. The SMILES string of the molecule is CNC(=O)c1cc(-n2cccc2)ccc1Br. The zero-order valence-electron chi connectivity index (χ0n) is 8.77. The predicted molar refractivity (Wildman–Crippen MR) is 66.9 cm³/mol. The second-order valence-corrected chi connectivity index (χ2v) is 4.19. The van der Waals surface area contributed by atoms with Gasteiger partial charge in [-0.1, -0.05) is 0 Å². The standard InChI is InChI=1S/C12H11BrN2O/c1-14-12(16)10-8-9(4-5-11(10)13)15-6-2-3-7-15/h2-8H,1H3,(H,14,16). The predicted octanol–water partition coefficient (Wildman–Crippen LogP) is 2.60. The number of carbonyl (C=O) groups excluding carboxylic acids is 1. The van der Waals surface area contributed by atoms with E-state index in [0.717, 1.165) is 10.2 Å². The molecule has 0 unspecified atom stereocenters. The molecule has 0 saturated carbocycles. The van der Waals surface area contributed by atoms with Gasteiger partial charge in [0.1, 0.15) is 0 Å².